The number of aliphatic hydroxyl groups is 1. The molecule has 0 spiro atoms. The molecule has 1 atom stereocenters. The van der Waals surface area contributed by atoms with Crippen LogP contribution >= 0.6 is 0 Å². The highest BCUT2D eigenvalue weighted by Gasteiger charge is 2.30. The molecule has 0 saturated heterocycles. The van der Waals surface area contributed by atoms with Crippen LogP contribution in [0.2, 0.25) is 0 Å². The first-order valence-corrected chi connectivity index (χ1v) is 5.85. The maximum absolute atomic E-state index is 13.2. The van der Waals surface area contributed by atoms with Crippen molar-refractivity contribution in [2.24, 2.45) is 0 Å². The minimum atomic E-state index is -0.530. The van der Waals surface area contributed by atoms with E-state index in [-0.39, 0.29) is 11.4 Å². The van der Waals surface area contributed by atoms with E-state index in [1.54, 1.807) is 6.07 Å². The van der Waals surface area contributed by atoms with E-state index in [1.807, 2.05) is 39.8 Å². The van der Waals surface area contributed by atoms with Gasteiger partial charge in [0, 0.05) is 12.0 Å². The number of nitrogens with zero attached hydrogens (tertiary/aromatic N) is 1. The third kappa shape index (κ3) is 3.27. The van der Waals surface area contributed by atoms with E-state index in [1.165, 1.54) is 12.1 Å². The topological polar surface area (TPSA) is 23.5 Å². The van der Waals surface area contributed by atoms with Crippen LogP contribution in [0.1, 0.15) is 25.0 Å². The Bertz CT molecular complexity index is 388. The molecular weight excluding hydrogens is 217 g/mol. The molecule has 2 nitrogen and oxygen atoms in total. The van der Waals surface area contributed by atoms with Gasteiger partial charge in [0.2, 0.25) is 0 Å². The van der Waals surface area contributed by atoms with Crippen LogP contribution in [0.3, 0.4) is 0 Å². The average molecular weight is 239 g/mol. The molecule has 0 amide bonds. The van der Waals surface area contributed by atoms with E-state index >= 15 is 0 Å². The summed E-state index contributed by atoms with van der Waals surface area (Å²) in [5, 5.41) is 10.3. The van der Waals surface area contributed by atoms with Crippen molar-refractivity contribution in [3.8, 4) is 0 Å². The Kier molecular flexibility index (Phi) is 4.28. The molecule has 17 heavy (non-hydrogen) atoms. The SMILES string of the molecule is Cc1ccc(F)cc1CC(O)C(C)(C)N(C)C. The second-order valence-electron chi connectivity index (χ2n) is 5.34. The Hall–Kier alpha value is -0.930. The summed E-state index contributed by atoms with van der Waals surface area (Å²) in [5.74, 6) is -0.250. The molecule has 0 aromatic heterocycles. The summed E-state index contributed by atoms with van der Waals surface area (Å²) >= 11 is 0. The van der Waals surface area contributed by atoms with Crippen LogP contribution in [-0.2, 0) is 6.42 Å². The molecule has 0 aliphatic carbocycles. The largest absolute Gasteiger partial charge is 0.391 e. The Morgan fingerprint density at radius 2 is 1.94 bits per heavy atom. The third-order valence-corrected chi connectivity index (χ3v) is 3.69. The van der Waals surface area contributed by atoms with E-state index in [4.69, 9.17) is 0 Å². The molecule has 3 heteroatoms. The van der Waals surface area contributed by atoms with Crippen LogP contribution in [0.15, 0.2) is 18.2 Å². The predicted molar refractivity (Wildman–Crippen MR) is 68.6 cm³/mol. The van der Waals surface area contributed by atoms with Gasteiger partial charge < -0.3 is 10.0 Å². The van der Waals surface area contributed by atoms with Crippen molar-refractivity contribution in [3.05, 3.63) is 35.1 Å². The molecule has 0 aliphatic rings. The molecule has 0 heterocycles. The van der Waals surface area contributed by atoms with Gasteiger partial charge >= 0.3 is 0 Å². The Morgan fingerprint density at radius 3 is 2.47 bits per heavy atom. The lowest BCUT2D eigenvalue weighted by Gasteiger charge is -2.37. The summed E-state index contributed by atoms with van der Waals surface area (Å²) in [6.45, 7) is 5.89. The zero-order chi connectivity index (χ0) is 13.2. The maximum Gasteiger partial charge on any atom is 0.123 e. The predicted octanol–water partition coefficient (Wildman–Crippen LogP) is 2.38. The fourth-order valence-corrected chi connectivity index (χ4v) is 1.62. The van der Waals surface area contributed by atoms with Gasteiger partial charge in [0.1, 0.15) is 5.82 Å². The van der Waals surface area contributed by atoms with Gasteiger partial charge in [-0.05, 0) is 58.1 Å². The molecule has 1 aromatic rings. The minimum Gasteiger partial charge on any atom is -0.391 e. The van der Waals surface area contributed by atoms with Crippen LogP contribution in [0.5, 0.6) is 0 Å². The molecule has 0 saturated carbocycles. The van der Waals surface area contributed by atoms with Gasteiger partial charge in [-0.3, -0.25) is 0 Å². The van der Waals surface area contributed by atoms with Gasteiger partial charge in [0.25, 0.3) is 0 Å². The lowest BCUT2D eigenvalue weighted by Crippen LogP contribution is -2.49. The smallest absolute Gasteiger partial charge is 0.123 e. The fourth-order valence-electron chi connectivity index (χ4n) is 1.62. The number of aliphatic hydroxyl groups excluding tert-OH is 1. The highest BCUT2D eigenvalue weighted by Crippen LogP contribution is 2.21. The van der Waals surface area contributed by atoms with Crippen LogP contribution in [0, 0.1) is 12.7 Å². The van der Waals surface area contributed by atoms with Crippen molar-refractivity contribution < 1.29 is 9.50 Å². The van der Waals surface area contributed by atoms with Gasteiger partial charge in [-0.15, -0.1) is 0 Å². The molecule has 1 N–H and O–H groups in total. The second kappa shape index (κ2) is 5.15. The molecule has 1 rings (SSSR count). The van der Waals surface area contributed by atoms with Gasteiger partial charge in [0.05, 0.1) is 6.10 Å². The number of aryl methyl sites for hydroxylation is 1. The van der Waals surface area contributed by atoms with Gasteiger partial charge in [0.15, 0.2) is 0 Å². The highest BCUT2D eigenvalue weighted by molar-refractivity contribution is 5.27. The first-order chi connectivity index (χ1) is 7.75. The van der Waals surface area contributed by atoms with Crippen molar-refractivity contribution in [2.45, 2.75) is 38.8 Å². The lowest BCUT2D eigenvalue weighted by atomic mass is 9.89. The average Bonchev–Trinajstić information content (AvgIpc) is 2.23. The first-order valence-electron chi connectivity index (χ1n) is 5.85. The van der Waals surface area contributed by atoms with Gasteiger partial charge in [-0.25, -0.2) is 4.39 Å². The summed E-state index contributed by atoms with van der Waals surface area (Å²) in [4.78, 5) is 1.98. The Morgan fingerprint density at radius 1 is 1.35 bits per heavy atom. The summed E-state index contributed by atoms with van der Waals surface area (Å²) in [7, 11) is 3.86. The van der Waals surface area contributed by atoms with Crippen molar-refractivity contribution in [1.29, 1.82) is 0 Å². The van der Waals surface area contributed by atoms with E-state index in [0.717, 1.165) is 11.1 Å². The number of halogens is 1. The highest BCUT2D eigenvalue weighted by atomic mass is 19.1. The van der Waals surface area contributed by atoms with Crippen molar-refractivity contribution in [2.75, 3.05) is 14.1 Å². The molecule has 0 aliphatic heterocycles. The minimum absolute atomic E-state index is 0.250. The lowest BCUT2D eigenvalue weighted by molar-refractivity contribution is 0.0181. The standard InChI is InChI=1S/C14H22FNO/c1-10-6-7-12(15)8-11(10)9-13(17)14(2,3)16(4)5/h6-8,13,17H,9H2,1-5H3. The summed E-state index contributed by atoms with van der Waals surface area (Å²) in [6.07, 6.45) is -0.0626. The molecular formula is C14H22FNO. The molecule has 1 aromatic carbocycles. The molecule has 0 fully saturated rings. The van der Waals surface area contributed by atoms with Crippen molar-refractivity contribution >= 4 is 0 Å². The van der Waals surface area contributed by atoms with E-state index < -0.39 is 6.10 Å². The normalized spacial score (nSPS) is 14.1. The van der Waals surface area contributed by atoms with E-state index in [0.29, 0.717) is 6.42 Å². The Labute approximate surface area is 103 Å². The monoisotopic (exact) mass is 239 g/mol. The summed E-state index contributed by atoms with van der Waals surface area (Å²) in [5.41, 5.74) is 1.55. The van der Waals surface area contributed by atoms with Crippen molar-refractivity contribution in [1.82, 2.24) is 4.90 Å². The second-order valence-corrected chi connectivity index (χ2v) is 5.34. The van der Waals surface area contributed by atoms with Gasteiger partial charge in [-0.2, -0.15) is 0 Å². The van der Waals surface area contributed by atoms with Crippen molar-refractivity contribution in [3.63, 3.8) is 0 Å². The molecule has 0 radical (unpaired) electrons. The van der Waals surface area contributed by atoms with Crippen LogP contribution in [-0.4, -0.2) is 35.7 Å². The zero-order valence-corrected chi connectivity index (χ0v) is 11.3. The van der Waals surface area contributed by atoms with Gasteiger partial charge in [-0.1, -0.05) is 6.07 Å². The van der Waals surface area contributed by atoms with Crippen LogP contribution in [0.25, 0.3) is 0 Å². The van der Waals surface area contributed by atoms with Crippen LogP contribution < -0.4 is 0 Å². The molecule has 0 bridgehead atoms. The summed E-state index contributed by atoms with van der Waals surface area (Å²) < 4.78 is 13.2. The number of rotatable bonds is 4. The molecule has 96 valence electrons. The maximum atomic E-state index is 13.2. The first kappa shape index (κ1) is 14.1. The zero-order valence-electron chi connectivity index (χ0n) is 11.3. The third-order valence-electron chi connectivity index (χ3n) is 3.69. The number of hydrogen-bond acceptors (Lipinski definition) is 2. The number of benzene rings is 1. The van der Waals surface area contributed by atoms with E-state index in [2.05, 4.69) is 0 Å². The fraction of sp³-hybridized carbons (Fsp3) is 0.571. The Balaban J connectivity index is 2.88. The molecule has 1 unspecified atom stereocenters. The summed E-state index contributed by atoms with van der Waals surface area (Å²) in [6, 6.07) is 4.70. The van der Waals surface area contributed by atoms with E-state index in [9.17, 15) is 9.50 Å². The number of hydrogen-bond donors (Lipinski definition) is 1. The quantitative estimate of drug-likeness (QED) is 0.872. The van der Waals surface area contributed by atoms with Crippen LogP contribution in [0.4, 0.5) is 4.39 Å². The number of likely N-dealkylation sites (N-methyl/N-ethyl adjacent to an activating group) is 1.